The number of alkyl halides is 1. The summed E-state index contributed by atoms with van der Waals surface area (Å²) in [5, 5.41) is 0. The Morgan fingerprint density at radius 1 is 1.29 bits per heavy atom. The van der Waals surface area contributed by atoms with Crippen LogP contribution < -0.4 is 0 Å². The number of fused-ring (bicyclic) bond motifs is 1. The minimum absolute atomic E-state index is 0.453. The van der Waals surface area contributed by atoms with E-state index in [2.05, 4.69) is 13.2 Å². The third-order valence-corrected chi connectivity index (χ3v) is 3.17. The molecule has 1 aromatic rings. The zero-order valence-corrected chi connectivity index (χ0v) is 9.87. The first-order valence-electron chi connectivity index (χ1n) is 5.48. The van der Waals surface area contributed by atoms with Crippen molar-refractivity contribution in [3.8, 4) is 0 Å². The van der Waals surface area contributed by atoms with Crippen LogP contribution in [0.1, 0.15) is 11.1 Å². The van der Waals surface area contributed by atoms with Gasteiger partial charge in [0.25, 0.3) is 5.85 Å². The number of ether oxygens (including phenoxy) is 1. The van der Waals surface area contributed by atoms with Crippen LogP contribution >= 0.6 is 0 Å². The molecular formula is C15H15FO. The van der Waals surface area contributed by atoms with Gasteiger partial charge in [-0.05, 0) is 17.6 Å². The fourth-order valence-corrected chi connectivity index (χ4v) is 2.30. The summed E-state index contributed by atoms with van der Waals surface area (Å²) in [7, 11) is 1.37. The minimum Gasteiger partial charge on any atom is -0.342 e. The van der Waals surface area contributed by atoms with Crippen LogP contribution in [0, 0.1) is 0 Å². The highest BCUT2D eigenvalue weighted by molar-refractivity contribution is 5.51. The molecule has 1 aliphatic carbocycles. The maximum absolute atomic E-state index is 15.0. The molecule has 0 aromatic heterocycles. The summed E-state index contributed by atoms with van der Waals surface area (Å²) < 4.78 is 20.1. The molecular weight excluding hydrogens is 215 g/mol. The van der Waals surface area contributed by atoms with Crippen LogP contribution in [-0.4, -0.2) is 7.11 Å². The quantitative estimate of drug-likeness (QED) is 0.769. The molecule has 0 spiro atoms. The van der Waals surface area contributed by atoms with Crippen LogP contribution in [0.5, 0.6) is 0 Å². The van der Waals surface area contributed by atoms with Crippen molar-refractivity contribution in [2.24, 2.45) is 0 Å². The fraction of sp³-hybridized carbons (Fsp3) is 0.200. The van der Waals surface area contributed by atoms with Crippen LogP contribution in [0.2, 0.25) is 0 Å². The molecule has 0 bridgehead atoms. The highest BCUT2D eigenvalue weighted by Crippen LogP contribution is 2.43. The third kappa shape index (κ3) is 1.65. The van der Waals surface area contributed by atoms with Gasteiger partial charge in [0.15, 0.2) is 0 Å². The van der Waals surface area contributed by atoms with Gasteiger partial charge in [-0.1, -0.05) is 49.6 Å². The summed E-state index contributed by atoms with van der Waals surface area (Å²) in [5.41, 5.74) is 2.76. The first-order chi connectivity index (χ1) is 8.17. The van der Waals surface area contributed by atoms with E-state index in [0.717, 1.165) is 11.1 Å². The minimum atomic E-state index is -1.92. The highest BCUT2D eigenvalue weighted by Gasteiger charge is 2.41. The van der Waals surface area contributed by atoms with E-state index in [0.29, 0.717) is 17.6 Å². The van der Waals surface area contributed by atoms with Crippen molar-refractivity contribution in [2.75, 3.05) is 7.11 Å². The highest BCUT2D eigenvalue weighted by atomic mass is 19.2. The fourth-order valence-electron chi connectivity index (χ4n) is 2.30. The number of halogens is 1. The maximum atomic E-state index is 15.0. The molecule has 0 aliphatic heterocycles. The summed E-state index contributed by atoms with van der Waals surface area (Å²) in [6.07, 6.45) is 3.84. The predicted octanol–water partition coefficient (Wildman–Crippen LogP) is 3.68. The lowest BCUT2D eigenvalue weighted by molar-refractivity contribution is -0.0953. The molecule has 88 valence electrons. The first kappa shape index (κ1) is 11.8. The van der Waals surface area contributed by atoms with E-state index in [1.165, 1.54) is 13.2 Å². The standard InChI is InChI=1S/C15H15FO/c1-4-11-10-12-8-6-7-9-14(12)15(16,17-3)13(11)5-2/h4-9H,1-2,10H2,3H3. The largest absolute Gasteiger partial charge is 0.342 e. The lowest BCUT2D eigenvalue weighted by Crippen LogP contribution is -2.30. The first-order valence-corrected chi connectivity index (χ1v) is 5.48. The second-order valence-corrected chi connectivity index (χ2v) is 3.98. The molecule has 0 fully saturated rings. The average molecular weight is 230 g/mol. The molecule has 2 rings (SSSR count). The van der Waals surface area contributed by atoms with E-state index in [9.17, 15) is 4.39 Å². The molecule has 1 nitrogen and oxygen atoms in total. The van der Waals surface area contributed by atoms with Crippen molar-refractivity contribution in [1.82, 2.24) is 0 Å². The van der Waals surface area contributed by atoms with Crippen molar-refractivity contribution < 1.29 is 9.13 Å². The molecule has 0 heterocycles. The Bertz CT molecular complexity index is 501. The number of rotatable bonds is 3. The third-order valence-electron chi connectivity index (χ3n) is 3.17. The van der Waals surface area contributed by atoms with Crippen molar-refractivity contribution in [1.29, 1.82) is 0 Å². The van der Waals surface area contributed by atoms with Crippen LogP contribution in [0.25, 0.3) is 0 Å². The lowest BCUT2D eigenvalue weighted by atomic mass is 9.82. The Kier molecular flexibility index (Phi) is 2.99. The Balaban J connectivity index is 2.71. The van der Waals surface area contributed by atoms with Crippen molar-refractivity contribution in [2.45, 2.75) is 12.3 Å². The molecule has 1 atom stereocenters. The number of benzene rings is 1. The van der Waals surface area contributed by atoms with Gasteiger partial charge in [0, 0.05) is 18.2 Å². The van der Waals surface area contributed by atoms with E-state index in [-0.39, 0.29) is 0 Å². The molecule has 0 radical (unpaired) electrons. The van der Waals surface area contributed by atoms with Gasteiger partial charge in [-0.3, -0.25) is 0 Å². The van der Waals surface area contributed by atoms with Gasteiger partial charge in [-0.2, -0.15) is 0 Å². The number of hydrogen-bond acceptors (Lipinski definition) is 1. The zero-order valence-electron chi connectivity index (χ0n) is 9.87. The summed E-state index contributed by atoms with van der Waals surface area (Å²) in [6.45, 7) is 7.40. The van der Waals surface area contributed by atoms with Gasteiger partial charge in [0.05, 0.1) is 0 Å². The number of allylic oxidation sites excluding steroid dienone is 2. The summed E-state index contributed by atoms with van der Waals surface area (Å²) in [5.74, 6) is -1.92. The van der Waals surface area contributed by atoms with Crippen molar-refractivity contribution >= 4 is 0 Å². The Hall–Kier alpha value is -1.67. The monoisotopic (exact) mass is 230 g/mol. The lowest BCUT2D eigenvalue weighted by Gasteiger charge is -2.33. The van der Waals surface area contributed by atoms with Gasteiger partial charge in [-0.15, -0.1) is 0 Å². The Labute approximate surface area is 101 Å². The molecule has 2 heteroatoms. The van der Waals surface area contributed by atoms with Crippen LogP contribution in [0.4, 0.5) is 4.39 Å². The van der Waals surface area contributed by atoms with Gasteiger partial charge in [0.2, 0.25) is 0 Å². The summed E-state index contributed by atoms with van der Waals surface area (Å²) in [4.78, 5) is 0. The van der Waals surface area contributed by atoms with Crippen molar-refractivity contribution in [3.63, 3.8) is 0 Å². The van der Waals surface area contributed by atoms with E-state index in [4.69, 9.17) is 4.74 Å². The smallest absolute Gasteiger partial charge is 0.262 e. The molecule has 1 aromatic carbocycles. The van der Waals surface area contributed by atoms with Gasteiger partial charge >= 0.3 is 0 Å². The van der Waals surface area contributed by atoms with Crippen LogP contribution in [0.3, 0.4) is 0 Å². The Morgan fingerprint density at radius 2 is 2.00 bits per heavy atom. The number of methoxy groups -OCH3 is 1. The summed E-state index contributed by atoms with van der Waals surface area (Å²) >= 11 is 0. The molecule has 0 saturated carbocycles. The van der Waals surface area contributed by atoms with Crippen molar-refractivity contribution in [3.05, 3.63) is 71.8 Å². The van der Waals surface area contributed by atoms with E-state index >= 15 is 0 Å². The average Bonchev–Trinajstić information content (AvgIpc) is 2.38. The zero-order chi connectivity index (χ0) is 12.5. The van der Waals surface area contributed by atoms with Gasteiger partial charge < -0.3 is 4.74 Å². The van der Waals surface area contributed by atoms with Gasteiger partial charge in [0.1, 0.15) is 0 Å². The molecule has 0 N–H and O–H groups in total. The second kappa shape index (κ2) is 4.30. The van der Waals surface area contributed by atoms with Crippen LogP contribution in [0.15, 0.2) is 60.7 Å². The molecule has 17 heavy (non-hydrogen) atoms. The second-order valence-electron chi connectivity index (χ2n) is 3.98. The molecule has 1 aliphatic rings. The predicted molar refractivity (Wildman–Crippen MR) is 67.4 cm³/mol. The molecule has 0 saturated heterocycles. The topological polar surface area (TPSA) is 9.23 Å². The van der Waals surface area contributed by atoms with Gasteiger partial charge in [-0.25, -0.2) is 4.39 Å². The van der Waals surface area contributed by atoms with E-state index < -0.39 is 5.85 Å². The summed E-state index contributed by atoms with van der Waals surface area (Å²) in [6, 6.07) is 7.37. The SMILES string of the molecule is C=CC1=C(C=C)C(F)(OC)c2ccccc2C1. The van der Waals surface area contributed by atoms with E-state index in [1.54, 1.807) is 12.1 Å². The Morgan fingerprint density at radius 3 is 2.59 bits per heavy atom. The maximum Gasteiger partial charge on any atom is 0.262 e. The molecule has 1 unspecified atom stereocenters. The molecule has 0 amide bonds. The van der Waals surface area contributed by atoms with E-state index in [1.807, 2.05) is 18.2 Å². The van der Waals surface area contributed by atoms with Crippen LogP contribution in [-0.2, 0) is 17.0 Å². The normalized spacial score (nSPS) is 23.2. The number of hydrogen-bond donors (Lipinski definition) is 0.